The molecule has 0 heterocycles. The fraction of sp³-hybridized carbons (Fsp3) is 0.907. The lowest BCUT2D eigenvalue weighted by atomic mass is 10.0. The van der Waals surface area contributed by atoms with Crippen molar-refractivity contribution in [1.29, 1.82) is 0 Å². The van der Waals surface area contributed by atoms with Crippen molar-refractivity contribution in [2.75, 3.05) is 39.6 Å². The minimum absolute atomic E-state index is 0.0855. The Morgan fingerprint density at radius 3 is 0.695 bits per heavy atom. The molecule has 19 heteroatoms. The average molecular weight is 1530 g/mol. The fourth-order valence-electron chi connectivity index (χ4n) is 13.0. The Morgan fingerprint density at radius 1 is 0.267 bits per heavy atom. The summed E-state index contributed by atoms with van der Waals surface area (Å²) in [6.07, 6.45) is 77.5. The number of ether oxygens (including phenoxy) is 4. The number of carbonyl (C=O) groups is 4. The third-order valence-electron chi connectivity index (χ3n) is 19.7. The Balaban J connectivity index is 5.20. The van der Waals surface area contributed by atoms with Gasteiger partial charge in [0.05, 0.1) is 26.4 Å². The van der Waals surface area contributed by atoms with Gasteiger partial charge in [0.2, 0.25) is 0 Å². The van der Waals surface area contributed by atoms with E-state index in [0.717, 1.165) is 109 Å². The maximum atomic E-state index is 13.1. The first-order chi connectivity index (χ1) is 51.2. The van der Waals surface area contributed by atoms with E-state index in [1.807, 2.05) is 0 Å². The minimum Gasteiger partial charge on any atom is -0.462 e. The van der Waals surface area contributed by atoms with Crippen molar-refractivity contribution >= 4 is 39.5 Å². The van der Waals surface area contributed by atoms with Gasteiger partial charge in [0.25, 0.3) is 0 Å². The molecule has 0 aromatic heterocycles. The Labute approximate surface area is 643 Å². The zero-order valence-corrected chi connectivity index (χ0v) is 70.0. The molecule has 0 aliphatic rings. The first kappa shape index (κ1) is 103. The molecule has 3 N–H and O–H groups in total. The molecule has 0 aliphatic carbocycles. The summed E-state index contributed by atoms with van der Waals surface area (Å²) in [4.78, 5) is 73.1. The smallest absolute Gasteiger partial charge is 0.462 e. The molecule has 5 atom stereocenters. The van der Waals surface area contributed by atoms with Crippen LogP contribution in [0.4, 0.5) is 0 Å². The summed E-state index contributed by atoms with van der Waals surface area (Å²) >= 11 is 0. The highest BCUT2D eigenvalue weighted by Gasteiger charge is 2.30. The van der Waals surface area contributed by atoms with Gasteiger partial charge < -0.3 is 33.8 Å². The lowest BCUT2D eigenvalue weighted by Gasteiger charge is -2.21. The maximum Gasteiger partial charge on any atom is 0.472 e. The summed E-state index contributed by atoms with van der Waals surface area (Å²) in [7, 11) is -9.93. The number of aliphatic hydroxyl groups excluding tert-OH is 1. The van der Waals surface area contributed by atoms with Crippen LogP contribution in [-0.4, -0.2) is 96.7 Å². The molecule has 0 fully saturated rings. The molecule has 0 radical (unpaired) electrons. The average Bonchev–Trinajstić information content (AvgIpc) is 0.908. The number of carbonyl (C=O) groups excluding carboxylic acids is 4. The van der Waals surface area contributed by atoms with Crippen LogP contribution in [0, 0.1) is 0 Å². The van der Waals surface area contributed by atoms with E-state index in [0.29, 0.717) is 25.7 Å². The van der Waals surface area contributed by atoms with Gasteiger partial charge in [-0.25, -0.2) is 9.13 Å². The van der Waals surface area contributed by atoms with Gasteiger partial charge in [-0.1, -0.05) is 392 Å². The van der Waals surface area contributed by atoms with Gasteiger partial charge >= 0.3 is 39.5 Å². The van der Waals surface area contributed by atoms with Crippen LogP contribution in [0.1, 0.15) is 445 Å². The molecule has 0 bridgehead atoms. The number of phosphoric ester groups is 2. The van der Waals surface area contributed by atoms with Gasteiger partial charge in [-0.15, -0.1) is 0 Å². The number of allylic oxidation sites excluding steroid dienone is 4. The molecular weight excluding hydrogens is 1370 g/mol. The van der Waals surface area contributed by atoms with Crippen molar-refractivity contribution in [1.82, 2.24) is 0 Å². The standard InChI is InChI=1S/C86H164O17P2/c1-5-9-13-17-21-25-28-31-34-36-38-40-42-44-47-49-52-55-59-63-67-71-84(89)97-77-82(103-86(91)73-69-65-61-57-54-51-48-45-43-41-39-37-35-32-29-26-22-18-14-10-6-2)79-101-105(94,95)99-75-80(87)74-98-104(92,93)100-78-81(76-96-83(88)70-66-62-58-24-20-16-12-8-4)102-85(90)72-68-64-60-56-53-50-46-33-30-27-23-19-15-11-7-3/h27,30,33,46,80-82,87H,5-26,28-29,31-32,34-45,47-79H2,1-4H3,(H,92,93)(H,94,95)/b30-27-,46-33-/t80-,81+,82+/m0/s1. The van der Waals surface area contributed by atoms with Crippen LogP contribution in [0.5, 0.6) is 0 Å². The third kappa shape index (κ3) is 79.4. The number of unbranched alkanes of at least 4 members (excludes halogenated alkanes) is 56. The zero-order valence-electron chi connectivity index (χ0n) is 68.2. The Hall–Kier alpha value is -2.46. The molecule has 0 aromatic rings. The van der Waals surface area contributed by atoms with Crippen LogP contribution in [0.25, 0.3) is 0 Å². The second kappa shape index (κ2) is 79.6. The van der Waals surface area contributed by atoms with Gasteiger partial charge in [0.15, 0.2) is 12.2 Å². The van der Waals surface area contributed by atoms with E-state index in [4.69, 9.17) is 37.0 Å². The Bertz CT molecular complexity index is 2080. The van der Waals surface area contributed by atoms with E-state index >= 15 is 0 Å². The number of phosphoric acid groups is 2. The second-order valence-electron chi connectivity index (χ2n) is 30.2. The van der Waals surface area contributed by atoms with Crippen molar-refractivity contribution in [2.24, 2.45) is 0 Å². The van der Waals surface area contributed by atoms with Gasteiger partial charge in [-0.2, -0.15) is 0 Å². The summed E-state index contributed by atoms with van der Waals surface area (Å²) in [5.41, 5.74) is 0. The normalized spacial score (nSPS) is 13.9. The number of esters is 4. The highest BCUT2D eigenvalue weighted by molar-refractivity contribution is 7.47. The first-order valence-corrected chi connectivity index (χ1v) is 47.1. The highest BCUT2D eigenvalue weighted by atomic mass is 31.2. The van der Waals surface area contributed by atoms with Crippen LogP contribution < -0.4 is 0 Å². The maximum absolute atomic E-state index is 13.1. The van der Waals surface area contributed by atoms with E-state index in [-0.39, 0.29) is 25.7 Å². The number of aliphatic hydroxyl groups is 1. The Kier molecular flexibility index (Phi) is 77.8. The molecule has 0 spiro atoms. The summed E-state index contributed by atoms with van der Waals surface area (Å²) < 4.78 is 68.7. The fourth-order valence-corrected chi connectivity index (χ4v) is 14.6. The summed E-state index contributed by atoms with van der Waals surface area (Å²) in [5.74, 6) is -2.13. The minimum atomic E-state index is -4.97. The largest absolute Gasteiger partial charge is 0.472 e. The molecule has 0 amide bonds. The molecule has 2 unspecified atom stereocenters. The molecule has 0 saturated carbocycles. The molecule has 17 nitrogen and oxygen atoms in total. The third-order valence-corrected chi connectivity index (χ3v) is 21.6. The topological polar surface area (TPSA) is 237 Å². The van der Waals surface area contributed by atoms with Crippen LogP contribution in [0.2, 0.25) is 0 Å². The monoisotopic (exact) mass is 1530 g/mol. The molecule has 0 aromatic carbocycles. The molecular formula is C86H164O17P2. The molecule has 105 heavy (non-hydrogen) atoms. The zero-order chi connectivity index (χ0) is 76.7. The summed E-state index contributed by atoms with van der Waals surface area (Å²) in [5, 5.41) is 10.7. The number of hydrogen-bond donors (Lipinski definition) is 3. The summed E-state index contributed by atoms with van der Waals surface area (Å²) in [6, 6.07) is 0. The first-order valence-electron chi connectivity index (χ1n) is 44.1. The van der Waals surface area contributed by atoms with Crippen LogP contribution >= 0.6 is 15.6 Å². The lowest BCUT2D eigenvalue weighted by molar-refractivity contribution is -0.161. The van der Waals surface area contributed by atoms with E-state index in [1.54, 1.807) is 0 Å². The number of rotatable bonds is 85. The van der Waals surface area contributed by atoms with E-state index < -0.39 is 97.5 Å². The lowest BCUT2D eigenvalue weighted by Crippen LogP contribution is -2.30. The Morgan fingerprint density at radius 2 is 0.457 bits per heavy atom. The van der Waals surface area contributed by atoms with Gasteiger partial charge in [0.1, 0.15) is 19.3 Å². The predicted octanol–water partition coefficient (Wildman–Crippen LogP) is 26.1. The van der Waals surface area contributed by atoms with Crippen LogP contribution in [0.15, 0.2) is 24.3 Å². The highest BCUT2D eigenvalue weighted by Crippen LogP contribution is 2.45. The van der Waals surface area contributed by atoms with Gasteiger partial charge in [-0.05, 0) is 51.4 Å². The van der Waals surface area contributed by atoms with Crippen molar-refractivity contribution in [3.8, 4) is 0 Å². The molecule has 0 rings (SSSR count). The van der Waals surface area contributed by atoms with Crippen molar-refractivity contribution < 1.29 is 80.2 Å². The molecule has 620 valence electrons. The van der Waals surface area contributed by atoms with Gasteiger partial charge in [-0.3, -0.25) is 37.3 Å². The van der Waals surface area contributed by atoms with Crippen LogP contribution in [-0.2, 0) is 65.4 Å². The molecule has 0 aliphatic heterocycles. The second-order valence-corrected chi connectivity index (χ2v) is 33.1. The molecule has 0 saturated heterocycles. The SMILES string of the molecule is CCCCCC/C=C\C=C/CCCCCCCC(=O)O[C@H](COC(=O)CCCCCCCCCC)COP(=O)(O)OC[C@H](O)COP(=O)(O)OC[C@@H](COC(=O)CCCCCCCCCCCCCCCCCCCCCCC)OC(=O)CCCCCCCCCCCCCCCCCCCCCCC. The van der Waals surface area contributed by atoms with E-state index in [9.17, 15) is 43.2 Å². The summed E-state index contributed by atoms with van der Waals surface area (Å²) in [6.45, 7) is 4.95. The quantitative estimate of drug-likeness (QED) is 0.0169. The van der Waals surface area contributed by atoms with Gasteiger partial charge in [0, 0.05) is 25.7 Å². The van der Waals surface area contributed by atoms with E-state index in [2.05, 4.69) is 52.0 Å². The number of hydrogen-bond acceptors (Lipinski definition) is 15. The van der Waals surface area contributed by atoms with Crippen molar-refractivity contribution in [2.45, 2.75) is 463 Å². The van der Waals surface area contributed by atoms with Crippen molar-refractivity contribution in [3.63, 3.8) is 0 Å². The van der Waals surface area contributed by atoms with Crippen molar-refractivity contribution in [3.05, 3.63) is 24.3 Å². The van der Waals surface area contributed by atoms with Crippen LogP contribution in [0.3, 0.4) is 0 Å². The van der Waals surface area contributed by atoms with E-state index in [1.165, 1.54) is 257 Å². The predicted molar refractivity (Wildman–Crippen MR) is 432 cm³/mol.